The van der Waals surface area contributed by atoms with E-state index in [1.807, 2.05) is 31.2 Å². The lowest BCUT2D eigenvalue weighted by atomic mass is 9.87. The van der Waals surface area contributed by atoms with Crippen LogP contribution in [0.2, 0.25) is 0 Å². The first-order valence-electron chi connectivity index (χ1n) is 8.91. The Morgan fingerprint density at radius 1 is 1.15 bits per heavy atom. The minimum absolute atomic E-state index is 0.0172. The topological polar surface area (TPSA) is 38.3 Å². The second kappa shape index (κ2) is 8.26. The number of carbonyl (C=O) groups is 1. The highest BCUT2D eigenvalue weighted by atomic mass is 79.9. The molecule has 1 amide bonds. The second-order valence-corrected chi connectivity index (χ2v) is 8.83. The zero-order chi connectivity index (χ0) is 19.5. The summed E-state index contributed by atoms with van der Waals surface area (Å²) in [5.41, 5.74) is 4.25. The van der Waals surface area contributed by atoms with E-state index in [1.54, 1.807) is 0 Å². The first-order valence-corrected chi connectivity index (χ1v) is 9.70. The molecule has 4 heteroatoms. The quantitative estimate of drug-likeness (QED) is 0.628. The van der Waals surface area contributed by atoms with Crippen molar-refractivity contribution in [3.05, 3.63) is 57.6 Å². The summed E-state index contributed by atoms with van der Waals surface area (Å²) in [6, 6.07) is 12.1. The van der Waals surface area contributed by atoms with Gasteiger partial charge >= 0.3 is 0 Å². The van der Waals surface area contributed by atoms with Gasteiger partial charge in [0.1, 0.15) is 5.75 Å². The van der Waals surface area contributed by atoms with Crippen molar-refractivity contribution in [2.24, 2.45) is 0 Å². The van der Waals surface area contributed by atoms with E-state index in [0.717, 1.165) is 27.0 Å². The molecule has 0 saturated heterocycles. The lowest BCUT2D eigenvalue weighted by molar-refractivity contribution is -0.118. The maximum Gasteiger partial charge on any atom is 0.262 e. The average molecular weight is 418 g/mol. The smallest absolute Gasteiger partial charge is 0.262 e. The van der Waals surface area contributed by atoms with Crippen LogP contribution in [0.15, 0.2) is 40.9 Å². The molecule has 0 aliphatic rings. The van der Waals surface area contributed by atoms with Crippen molar-refractivity contribution < 1.29 is 9.53 Å². The van der Waals surface area contributed by atoms with Gasteiger partial charge in [-0.2, -0.15) is 0 Å². The Hall–Kier alpha value is -1.81. The molecule has 2 aromatic rings. The van der Waals surface area contributed by atoms with Crippen LogP contribution >= 0.6 is 15.9 Å². The molecule has 0 aliphatic carbocycles. The van der Waals surface area contributed by atoms with Crippen molar-refractivity contribution >= 4 is 27.5 Å². The van der Waals surface area contributed by atoms with Crippen LogP contribution in [0.1, 0.15) is 57.2 Å². The fraction of sp³-hybridized carbons (Fsp3) is 0.409. The number of nitrogens with one attached hydrogen (secondary N) is 1. The van der Waals surface area contributed by atoms with Gasteiger partial charge in [0.25, 0.3) is 5.91 Å². The zero-order valence-electron chi connectivity index (χ0n) is 16.4. The number of hydrogen-bond acceptors (Lipinski definition) is 2. The number of halogens is 1. The normalized spacial score (nSPS) is 11.5. The van der Waals surface area contributed by atoms with E-state index in [1.165, 1.54) is 5.56 Å². The molecule has 2 aromatic carbocycles. The third kappa shape index (κ3) is 5.34. The molecule has 0 fully saturated rings. The predicted octanol–water partition coefficient (Wildman–Crippen LogP) is 6.20. The van der Waals surface area contributed by atoms with E-state index < -0.39 is 0 Å². The van der Waals surface area contributed by atoms with E-state index in [9.17, 15) is 4.79 Å². The van der Waals surface area contributed by atoms with E-state index >= 15 is 0 Å². The molecule has 0 saturated carbocycles. The van der Waals surface area contributed by atoms with Crippen molar-refractivity contribution in [3.63, 3.8) is 0 Å². The van der Waals surface area contributed by atoms with Gasteiger partial charge in [0.2, 0.25) is 0 Å². The number of rotatable bonds is 5. The molecule has 3 nitrogen and oxygen atoms in total. The van der Waals surface area contributed by atoms with Gasteiger partial charge in [0.05, 0.1) is 5.69 Å². The lowest BCUT2D eigenvalue weighted by Gasteiger charge is -2.20. The summed E-state index contributed by atoms with van der Waals surface area (Å²) in [6.07, 6.45) is 0. The summed E-state index contributed by atoms with van der Waals surface area (Å²) in [6.45, 7) is 12.7. The van der Waals surface area contributed by atoms with Gasteiger partial charge in [-0.05, 0) is 69.1 Å². The van der Waals surface area contributed by atoms with Crippen molar-refractivity contribution in [2.75, 3.05) is 11.9 Å². The van der Waals surface area contributed by atoms with Crippen LogP contribution in [0.4, 0.5) is 5.69 Å². The third-order valence-corrected chi connectivity index (χ3v) is 4.92. The maximum atomic E-state index is 12.3. The number of aryl methyl sites for hydroxylation is 1. The fourth-order valence-electron chi connectivity index (χ4n) is 2.66. The summed E-state index contributed by atoms with van der Waals surface area (Å²) in [7, 11) is 0. The minimum Gasteiger partial charge on any atom is -0.483 e. The summed E-state index contributed by atoms with van der Waals surface area (Å²) in [5.74, 6) is 0.940. The Morgan fingerprint density at radius 3 is 2.42 bits per heavy atom. The standard InChI is InChI=1S/C22H28BrNO2/c1-14(2)17-9-7-15(3)11-20(17)26-13-21(25)24-19-10-8-16(12-18(19)23)22(4,5)6/h7-12,14H,13H2,1-6H3,(H,24,25). The first kappa shape index (κ1) is 20.5. The molecule has 0 atom stereocenters. The monoisotopic (exact) mass is 417 g/mol. The third-order valence-electron chi connectivity index (χ3n) is 4.26. The second-order valence-electron chi connectivity index (χ2n) is 7.98. The average Bonchev–Trinajstić information content (AvgIpc) is 2.53. The van der Waals surface area contributed by atoms with E-state index in [4.69, 9.17) is 4.74 Å². The molecule has 1 N–H and O–H groups in total. The van der Waals surface area contributed by atoms with Crippen molar-refractivity contribution in [3.8, 4) is 5.75 Å². The molecule has 2 rings (SSSR count). The molecule has 0 heterocycles. The summed E-state index contributed by atoms with van der Waals surface area (Å²) >= 11 is 3.55. The Bertz CT molecular complexity index is 791. The molecule has 26 heavy (non-hydrogen) atoms. The number of amides is 1. The van der Waals surface area contributed by atoms with Gasteiger partial charge < -0.3 is 10.1 Å². The molecule has 0 bridgehead atoms. The van der Waals surface area contributed by atoms with Gasteiger partial charge in [-0.15, -0.1) is 0 Å². The highest BCUT2D eigenvalue weighted by Gasteiger charge is 2.16. The number of anilines is 1. The Labute approximate surface area is 165 Å². The van der Waals surface area contributed by atoms with Crippen molar-refractivity contribution in [1.29, 1.82) is 0 Å². The predicted molar refractivity (Wildman–Crippen MR) is 112 cm³/mol. The lowest BCUT2D eigenvalue weighted by Crippen LogP contribution is -2.21. The molecular weight excluding hydrogens is 390 g/mol. The van der Waals surface area contributed by atoms with Crippen molar-refractivity contribution in [2.45, 2.75) is 52.9 Å². The molecule has 0 aliphatic heterocycles. The molecule has 0 unspecified atom stereocenters. The van der Waals surface area contributed by atoms with Crippen molar-refractivity contribution in [1.82, 2.24) is 0 Å². The Morgan fingerprint density at radius 2 is 1.85 bits per heavy atom. The molecular formula is C22H28BrNO2. The maximum absolute atomic E-state index is 12.3. The fourth-order valence-corrected chi connectivity index (χ4v) is 3.13. The molecule has 0 spiro atoms. The number of benzene rings is 2. The van der Waals surface area contributed by atoms with E-state index in [-0.39, 0.29) is 17.9 Å². The molecule has 140 valence electrons. The highest BCUT2D eigenvalue weighted by molar-refractivity contribution is 9.10. The zero-order valence-corrected chi connectivity index (χ0v) is 18.0. The SMILES string of the molecule is Cc1ccc(C(C)C)c(OCC(=O)Nc2ccc(C(C)(C)C)cc2Br)c1. The van der Waals surface area contributed by atoms with Crippen LogP contribution in [-0.4, -0.2) is 12.5 Å². The van der Waals surface area contributed by atoms with Crippen LogP contribution in [-0.2, 0) is 10.2 Å². The summed E-state index contributed by atoms with van der Waals surface area (Å²) in [4.78, 5) is 12.3. The Balaban J connectivity index is 2.05. The van der Waals surface area contributed by atoms with Crippen LogP contribution in [0.25, 0.3) is 0 Å². The first-order chi connectivity index (χ1) is 12.1. The molecule has 0 radical (unpaired) electrons. The van der Waals surface area contributed by atoms with Crippen LogP contribution in [0.5, 0.6) is 5.75 Å². The van der Waals surface area contributed by atoms with Gasteiger partial charge in [-0.25, -0.2) is 0 Å². The minimum atomic E-state index is -0.176. The van der Waals surface area contributed by atoms with Crippen LogP contribution < -0.4 is 10.1 Å². The van der Waals surface area contributed by atoms with Crippen LogP contribution in [0.3, 0.4) is 0 Å². The highest BCUT2D eigenvalue weighted by Crippen LogP contribution is 2.30. The van der Waals surface area contributed by atoms with E-state index in [0.29, 0.717) is 5.92 Å². The van der Waals surface area contributed by atoms with Gasteiger partial charge in [0.15, 0.2) is 6.61 Å². The van der Waals surface area contributed by atoms with E-state index in [2.05, 4.69) is 68.0 Å². The Kier molecular flexibility index (Phi) is 6.51. The largest absolute Gasteiger partial charge is 0.483 e. The summed E-state index contributed by atoms with van der Waals surface area (Å²) in [5, 5.41) is 2.91. The summed E-state index contributed by atoms with van der Waals surface area (Å²) < 4.78 is 6.68. The van der Waals surface area contributed by atoms with Gasteiger partial charge in [-0.3, -0.25) is 4.79 Å². The van der Waals surface area contributed by atoms with Gasteiger partial charge in [-0.1, -0.05) is 52.8 Å². The van der Waals surface area contributed by atoms with Gasteiger partial charge in [0, 0.05) is 4.47 Å². The number of ether oxygens (including phenoxy) is 1. The molecule has 0 aromatic heterocycles. The van der Waals surface area contributed by atoms with Crippen LogP contribution in [0, 0.1) is 6.92 Å². The number of hydrogen-bond donors (Lipinski definition) is 1. The number of carbonyl (C=O) groups excluding carboxylic acids is 1.